The van der Waals surface area contributed by atoms with Gasteiger partial charge < -0.3 is 10.0 Å². The van der Waals surface area contributed by atoms with Crippen molar-refractivity contribution in [1.82, 2.24) is 4.90 Å². The van der Waals surface area contributed by atoms with Gasteiger partial charge in [-0.2, -0.15) is 0 Å². The zero-order valence-corrected chi connectivity index (χ0v) is 14.3. The fourth-order valence-electron chi connectivity index (χ4n) is 4.32. The van der Waals surface area contributed by atoms with Crippen molar-refractivity contribution in [1.29, 1.82) is 0 Å². The average molecular weight is 336 g/mol. The first-order chi connectivity index (χ1) is 12.2. The molecular formula is C21H24N2O2. The summed E-state index contributed by atoms with van der Waals surface area (Å²) in [5, 5.41) is 10.7. The molecule has 0 unspecified atom stereocenters. The number of hydrogen-bond acceptors (Lipinski definition) is 3. The Labute approximate surface area is 148 Å². The SMILES string of the molecule is O=C1C[C@@H](O)C2(CCN(Cc3ccccc3)CC2)N1c1ccccc1. The number of hydrogen-bond donors (Lipinski definition) is 1. The van der Waals surface area contributed by atoms with Crippen molar-refractivity contribution in [2.75, 3.05) is 18.0 Å². The van der Waals surface area contributed by atoms with Gasteiger partial charge >= 0.3 is 0 Å². The van der Waals surface area contributed by atoms with Crippen LogP contribution in [0.15, 0.2) is 60.7 Å². The van der Waals surface area contributed by atoms with Gasteiger partial charge in [-0.25, -0.2) is 0 Å². The summed E-state index contributed by atoms with van der Waals surface area (Å²) >= 11 is 0. The Morgan fingerprint density at radius 2 is 1.56 bits per heavy atom. The molecule has 1 spiro atoms. The number of carbonyl (C=O) groups excluding carboxylic acids is 1. The molecule has 2 aliphatic heterocycles. The Bertz CT molecular complexity index is 724. The van der Waals surface area contributed by atoms with E-state index in [1.807, 2.05) is 41.3 Å². The van der Waals surface area contributed by atoms with Gasteiger partial charge in [0.25, 0.3) is 0 Å². The minimum atomic E-state index is -0.584. The van der Waals surface area contributed by atoms with Crippen molar-refractivity contribution >= 4 is 11.6 Å². The molecule has 1 N–H and O–H groups in total. The van der Waals surface area contributed by atoms with Gasteiger partial charge in [0.1, 0.15) is 0 Å². The summed E-state index contributed by atoms with van der Waals surface area (Å²) < 4.78 is 0. The summed E-state index contributed by atoms with van der Waals surface area (Å²) in [7, 11) is 0. The number of piperidine rings is 1. The fraction of sp³-hybridized carbons (Fsp3) is 0.381. The number of likely N-dealkylation sites (tertiary alicyclic amines) is 1. The number of rotatable bonds is 3. The Kier molecular flexibility index (Phi) is 4.32. The van der Waals surface area contributed by atoms with Gasteiger partial charge in [0.15, 0.2) is 0 Å². The van der Waals surface area contributed by atoms with Crippen molar-refractivity contribution in [2.45, 2.75) is 37.5 Å². The average Bonchev–Trinajstić information content (AvgIpc) is 2.88. The molecule has 2 heterocycles. The predicted molar refractivity (Wildman–Crippen MR) is 98.2 cm³/mol. The van der Waals surface area contributed by atoms with Gasteiger partial charge in [0, 0.05) is 25.3 Å². The molecule has 2 aliphatic rings. The number of para-hydroxylation sites is 1. The lowest BCUT2D eigenvalue weighted by atomic mass is 9.82. The zero-order chi connectivity index (χ0) is 17.3. The van der Waals surface area contributed by atoms with E-state index < -0.39 is 11.6 Å². The van der Waals surface area contributed by atoms with E-state index in [9.17, 15) is 9.90 Å². The van der Waals surface area contributed by atoms with Crippen LogP contribution in [-0.4, -0.2) is 40.6 Å². The molecule has 0 aromatic heterocycles. The highest BCUT2D eigenvalue weighted by molar-refractivity contribution is 5.98. The molecule has 0 bridgehead atoms. The fourth-order valence-corrected chi connectivity index (χ4v) is 4.32. The smallest absolute Gasteiger partial charge is 0.230 e. The summed E-state index contributed by atoms with van der Waals surface area (Å²) in [6.07, 6.45) is 1.26. The standard InChI is InChI=1S/C21H24N2O2/c24-19-15-20(25)23(18-9-5-2-6-10-18)21(19)11-13-22(14-12-21)16-17-7-3-1-4-8-17/h1-10,19,24H,11-16H2/t19-/m1/s1. The first kappa shape index (κ1) is 16.3. The summed E-state index contributed by atoms with van der Waals surface area (Å²) in [5.74, 6) is 0.0372. The maximum atomic E-state index is 12.6. The monoisotopic (exact) mass is 336 g/mol. The molecule has 0 aliphatic carbocycles. The number of aliphatic hydroxyl groups excluding tert-OH is 1. The van der Waals surface area contributed by atoms with E-state index in [0.29, 0.717) is 0 Å². The van der Waals surface area contributed by atoms with E-state index >= 15 is 0 Å². The molecule has 0 saturated carbocycles. The van der Waals surface area contributed by atoms with Crippen LogP contribution in [0.4, 0.5) is 5.69 Å². The third-order valence-corrected chi connectivity index (χ3v) is 5.67. The second-order valence-corrected chi connectivity index (χ2v) is 7.15. The minimum absolute atomic E-state index is 0.0372. The van der Waals surface area contributed by atoms with Gasteiger partial charge in [0.05, 0.1) is 18.1 Å². The molecule has 4 heteroatoms. The summed E-state index contributed by atoms with van der Waals surface area (Å²) in [6, 6.07) is 20.2. The van der Waals surface area contributed by atoms with Crippen LogP contribution in [-0.2, 0) is 11.3 Å². The number of benzene rings is 2. The van der Waals surface area contributed by atoms with Gasteiger partial charge in [-0.3, -0.25) is 9.69 Å². The van der Waals surface area contributed by atoms with Crippen LogP contribution in [0.2, 0.25) is 0 Å². The Balaban J connectivity index is 1.52. The quantitative estimate of drug-likeness (QED) is 0.937. The van der Waals surface area contributed by atoms with Crippen LogP contribution in [0.5, 0.6) is 0 Å². The van der Waals surface area contributed by atoms with E-state index in [1.54, 1.807) is 0 Å². The van der Waals surface area contributed by atoms with Crippen LogP contribution in [0.3, 0.4) is 0 Å². The van der Waals surface area contributed by atoms with Crippen LogP contribution in [0.25, 0.3) is 0 Å². The van der Waals surface area contributed by atoms with Crippen LogP contribution < -0.4 is 4.90 Å². The third-order valence-electron chi connectivity index (χ3n) is 5.67. The maximum absolute atomic E-state index is 12.6. The Morgan fingerprint density at radius 1 is 0.960 bits per heavy atom. The second kappa shape index (κ2) is 6.62. The number of amides is 1. The molecular weight excluding hydrogens is 312 g/mol. The molecule has 2 fully saturated rings. The molecule has 1 atom stereocenters. The van der Waals surface area contributed by atoms with E-state index in [1.165, 1.54) is 5.56 Å². The number of carbonyl (C=O) groups is 1. The largest absolute Gasteiger partial charge is 0.390 e. The summed E-state index contributed by atoms with van der Waals surface area (Å²) in [6.45, 7) is 2.71. The predicted octanol–water partition coefficient (Wildman–Crippen LogP) is 2.82. The van der Waals surface area contributed by atoms with Crippen molar-refractivity contribution in [3.8, 4) is 0 Å². The maximum Gasteiger partial charge on any atom is 0.230 e. The first-order valence-corrected chi connectivity index (χ1v) is 9.01. The molecule has 4 nitrogen and oxygen atoms in total. The lowest BCUT2D eigenvalue weighted by Crippen LogP contribution is -2.57. The molecule has 25 heavy (non-hydrogen) atoms. The van der Waals surface area contributed by atoms with Crippen molar-refractivity contribution in [3.63, 3.8) is 0 Å². The minimum Gasteiger partial charge on any atom is -0.390 e. The van der Waals surface area contributed by atoms with Gasteiger partial charge in [-0.05, 0) is 30.5 Å². The number of anilines is 1. The van der Waals surface area contributed by atoms with E-state index in [0.717, 1.165) is 38.2 Å². The molecule has 130 valence electrons. The lowest BCUT2D eigenvalue weighted by Gasteiger charge is -2.46. The molecule has 2 aromatic carbocycles. The molecule has 0 radical (unpaired) electrons. The normalized spacial score (nSPS) is 23.3. The number of aliphatic hydroxyl groups is 1. The summed E-state index contributed by atoms with van der Waals surface area (Å²) in [4.78, 5) is 16.9. The van der Waals surface area contributed by atoms with E-state index in [-0.39, 0.29) is 12.3 Å². The second-order valence-electron chi connectivity index (χ2n) is 7.15. The molecule has 4 rings (SSSR count). The van der Waals surface area contributed by atoms with Crippen molar-refractivity contribution in [3.05, 3.63) is 66.2 Å². The number of nitrogens with zero attached hydrogens (tertiary/aromatic N) is 2. The highest BCUT2D eigenvalue weighted by Crippen LogP contribution is 2.42. The highest BCUT2D eigenvalue weighted by Gasteiger charge is 2.53. The Hall–Kier alpha value is -2.17. The van der Waals surface area contributed by atoms with E-state index in [2.05, 4.69) is 29.2 Å². The van der Waals surface area contributed by atoms with Gasteiger partial charge in [-0.1, -0.05) is 48.5 Å². The third kappa shape index (κ3) is 2.96. The van der Waals surface area contributed by atoms with E-state index in [4.69, 9.17) is 0 Å². The van der Waals surface area contributed by atoms with Crippen molar-refractivity contribution in [2.24, 2.45) is 0 Å². The van der Waals surface area contributed by atoms with Crippen molar-refractivity contribution < 1.29 is 9.90 Å². The van der Waals surface area contributed by atoms with Crippen LogP contribution in [0.1, 0.15) is 24.8 Å². The lowest BCUT2D eigenvalue weighted by molar-refractivity contribution is -0.117. The molecule has 2 aromatic rings. The van der Waals surface area contributed by atoms with Crippen LogP contribution >= 0.6 is 0 Å². The summed E-state index contributed by atoms with van der Waals surface area (Å²) in [5.41, 5.74) is 1.76. The molecule has 1 amide bonds. The highest BCUT2D eigenvalue weighted by atomic mass is 16.3. The Morgan fingerprint density at radius 3 is 2.20 bits per heavy atom. The van der Waals surface area contributed by atoms with Gasteiger partial charge in [0.2, 0.25) is 5.91 Å². The van der Waals surface area contributed by atoms with Crippen LogP contribution in [0, 0.1) is 0 Å². The van der Waals surface area contributed by atoms with Gasteiger partial charge in [-0.15, -0.1) is 0 Å². The molecule has 2 saturated heterocycles. The first-order valence-electron chi connectivity index (χ1n) is 9.01. The topological polar surface area (TPSA) is 43.8 Å². The zero-order valence-electron chi connectivity index (χ0n) is 14.3.